The Morgan fingerprint density at radius 1 is 1.28 bits per heavy atom. The Morgan fingerprint density at radius 2 is 2.00 bits per heavy atom. The largest absolute Gasteiger partial charge is 0.466 e. The van der Waals surface area contributed by atoms with E-state index in [0.717, 1.165) is 4.88 Å². The van der Waals surface area contributed by atoms with Gasteiger partial charge in [-0.2, -0.15) is 0 Å². The zero-order chi connectivity index (χ0) is 13.4. The van der Waals surface area contributed by atoms with E-state index in [-0.39, 0.29) is 13.0 Å². The molecule has 0 aliphatic carbocycles. The third kappa shape index (κ3) is 4.71. The lowest BCUT2D eigenvalue weighted by Gasteiger charge is -2.06. The van der Waals surface area contributed by atoms with Crippen molar-refractivity contribution >= 4 is 29.4 Å². The molecule has 1 aromatic rings. The van der Waals surface area contributed by atoms with Crippen molar-refractivity contribution in [1.29, 1.82) is 0 Å². The van der Waals surface area contributed by atoms with Gasteiger partial charge in [0.05, 0.1) is 19.6 Å². The molecular weight excluding hydrogens is 252 g/mol. The van der Waals surface area contributed by atoms with Gasteiger partial charge in [-0.1, -0.05) is 6.07 Å². The van der Waals surface area contributed by atoms with Crippen molar-refractivity contribution in [2.24, 2.45) is 0 Å². The van der Waals surface area contributed by atoms with Crippen molar-refractivity contribution in [3.05, 3.63) is 28.0 Å². The molecule has 0 saturated heterocycles. The second-order valence-electron chi connectivity index (χ2n) is 3.39. The summed E-state index contributed by atoms with van der Waals surface area (Å²) in [5, 5.41) is 1.90. The van der Waals surface area contributed by atoms with E-state index in [9.17, 15) is 9.59 Å². The molecule has 0 fully saturated rings. The van der Waals surface area contributed by atoms with Crippen LogP contribution < -0.4 is 0 Å². The molecule has 0 amide bonds. The summed E-state index contributed by atoms with van der Waals surface area (Å²) in [5.41, 5.74) is 0.317. The van der Waals surface area contributed by atoms with Gasteiger partial charge in [-0.05, 0) is 31.4 Å². The number of thiophene rings is 1. The normalized spacial score (nSPS) is 11.1. The van der Waals surface area contributed by atoms with Gasteiger partial charge in [-0.25, -0.2) is 4.79 Å². The van der Waals surface area contributed by atoms with Crippen LogP contribution in [0.5, 0.6) is 0 Å². The van der Waals surface area contributed by atoms with Crippen LogP contribution in [0.1, 0.15) is 25.1 Å². The first-order valence-corrected chi connectivity index (χ1v) is 6.62. The summed E-state index contributed by atoms with van der Waals surface area (Å²) in [4.78, 5) is 24.0. The Hall–Kier alpha value is -1.62. The van der Waals surface area contributed by atoms with Crippen molar-refractivity contribution in [2.75, 3.05) is 13.2 Å². The number of esters is 2. The van der Waals surface area contributed by atoms with E-state index in [0.29, 0.717) is 12.2 Å². The number of rotatable bonds is 6. The lowest BCUT2D eigenvalue weighted by molar-refractivity contribution is -0.145. The highest BCUT2D eigenvalue weighted by molar-refractivity contribution is 7.10. The van der Waals surface area contributed by atoms with E-state index in [1.807, 2.05) is 17.5 Å². The van der Waals surface area contributed by atoms with Crippen LogP contribution in [0.15, 0.2) is 23.1 Å². The molecule has 0 aromatic carbocycles. The first-order chi connectivity index (χ1) is 8.67. The lowest BCUT2D eigenvalue weighted by atomic mass is 10.1. The molecule has 1 rings (SSSR count). The van der Waals surface area contributed by atoms with Crippen LogP contribution in [0.2, 0.25) is 0 Å². The standard InChI is InChI=1S/C13H16O4S/c1-3-16-12(14)9-10(13(15)17-4-2)8-11-6-5-7-18-11/h5-8H,3-4,9H2,1-2H3/b10-8+. The van der Waals surface area contributed by atoms with Crippen molar-refractivity contribution in [1.82, 2.24) is 0 Å². The van der Waals surface area contributed by atoms with Gasteiger partial charge in [0.1, 0.15) is 0 Å². The number of hydrogen-bond acceptors (Lipinski definition) is 5. The summed E-state index contributed by atoms with van der Waals surface area (Å²) < 4.78 is 9.76. The van der Waals surface area contributed by atoms with Crippen LogP contribution in [0.4, 0.5) is 0 Å². The molecule has 0 aliphatic rings. The molecule has 5 heteroatoms. The average Bonchev–Trinajstić information content (AvgIpc) is 2.81. The maximum atomic E-state index is 11.7. The molecule has 0 aliphatic heterocycles. The third-order valence-electron chi connectivity index (χ3n) is 2.04. The SMILES string of the molecule is CCOC(=O)C/C(=C\c1cccs1)C(=O)OCC. The molecule has 4 nitrogen and oxygen atoms in total. The molecule has 1 aromatic heterocycles. The van der Waals surface area contributed by atoms with Crippen molar-refractivity contribution in [2.45, 2.75) is 20.3 Å². The monoisotopic (exact) mass is 268 g/mol. The van der Waals surface area contributed by atoms with Gasteiger partial charge in [0, 0.05) is 10.5 Å². The summed E-state index contributed by atoms with van der Waals surface area (Å²) in [6.45, 7) is 4.04. The fraction of sp³-hybridized carbons (Fsp3) is 0.385. The first-order valence-electron chi connectivity index (χ1n) is 5.74. The molecular formula is C13H16O4S. The van der Waals surface area contributed by atoms with E-state index in [2.05, 4.69) is 0 Å². The molecule has 0 spiro atoms. The molecule has 0 radical (unpaired) electrons. The zero-order valence-corrected chi connectivity index (χ0v) is 11.3. The number of carbonyl (C=O) groups excluding carboxylic acids is 2. The highest BCUT2D eigenvalue weighted by Crippen LogP contribution is 2.16. The van der Waals surface area contributed by atoms with E-state index in [1.54, 1.807) is 19.9 Å². The Balaban J connectivity index is 2.81. The Morgan fingerprint density at radius 3 is 2.56 bits per heavy atom. The summed E-state index contributed by atoms with van der Waals surface area (Å²) in [7, 11) is 0. The molecule has 98 valence electrons. The summed E-state index contributed by atoms with van der Waals surface area (Å²) in [6.07, 6.45) is 1.60. The number of carbonyl (C=O) groups is 2. The zero-order valence-electron chi connectivity index (χ0n) is 10.5. The Kier molecular flexibility index (Phi) is 6.14. The maximum Gasteiger partial charge on any atom is 0.334 e. The van der Waals surface area contributed by atoms with Gasteiger partial charge in [0.2, 0.25) is 0 Å². The van der Waals surface area contributed by atoms with Crippen molar-refractivity contribution in [3.63, 3.8) is 0 Å². The Bertz CT molecular complexity index is 420. The van der Waals surface area contributed by atoms with E-state index < -0.39 is 11.9 Å². The van der Waals surface area contributed by atoms with Crippen LogP contribution in [0, 0.1) is 0 Å². The first kappa shape index (κ1) is 14.4. The van der Waals surface area contributed by atoms with Crippen LogP contribution >= 0.6 is 11.3 Å². The lowest BCUT2D eigenvalue weighted by Crippen LogP contribution is -2.13. The quantitative estimate of drug-likeness (QED) is 0.588. The van der Waals surface area contributed by atoms with Gasteiger partial charge in [-0.15, -0.1) is 11.3 Å². The smallest absolute Gasteiger partial charge is 0.334 e. The minimum absolute atomic E-state index is 0.0649. The van der Waals surface area contributed by atoms with Gasteiger partial charge in [-0.3, -0.25) is 4.79 Å². The average molecular weight is 268 g/mol. The summed E-state index contributed by atoms with van der Waals surface area (Å²) in [5.74, 6) is -0.896. The van der Waals surface area contributed by atoms with E-state index in [1.165, 1.54) is 11.3 Å². The maximum absolute atomic E-state index is 11.7. The predicted octanol–water partition coefficient (Wildman–Crippen LogP) is 2.65. The van der Waals surface area contributed by atoms with E-state index in [4.69, 9.17) is 9.47 Å². The summed E-state index contributed by atoms with van der Waals surface area (Å²) >= 11 is 1.49. The second kappa shape index (κ2) is 7.66. The predicted molar refractivity (Wildman–Crippen MR) is 70.2 cm³/mol. The van der Waals surface area contributed by atoms with Gasteiger partial charge >= 0.3 is 11.9 Å². The van der Waals surface area contributed by atoms with Crippen LogP contribution in [0.3, 0.4) is 0 Å². The minimum atomic E-state index is -0.473. The highest BCUT2D eigenvalue weighted by atomic mass is 32.1. The third-order valence-corrected chi connectivity index (χ3v) is 2.86. The molecule has 18 heavy (non-hydrogen) atoms. The van der Waals surface area contributed by atoms with Gasteiger partial charge in [0.25, 0.3) is 0 Å². The summed E-state index contributed by atoms with van der Waals surface area (Å²) in [6, 6.07) is 3.75. The Labute approximate surface area is 110 Å². The van der Waals surface area contributed by atoms with Crippen molar-refractivity contribution in [3.8, 4) is 0 Å². The molecule has 0 N–H and O–H groups in total. The van der Waals surface area contributed by atoms with Gasteiger partial charge in [0.15, 0.2) is 0 Å². The van der Waals surface area contributed by atoms with Crippen LogP contribution in [0.25, 0.3) is 6.08 Å². The molecule has 0 unspecified atom stereocenters. The molecule has 0 saturated carbocycles. The van der Waals surface area contributed by atoms with Crippen LogP contribution in [-0.2, 0) is 19.1 Å². The van der Waals surface area contributed by atoms with Crippen LogP contribution in [-0.4, -0.2) is 25.2 Å². The second-order valence-corrected chi connectivity index (χ2v) is 4.37. The van der Waals surface area contributed by atoms with Gasteiger partial charge < -0.3 is 9.47 Å². The molecule has 0 bridgehead atoms. The minimum Gasteiger partial charge on any atom is -0.466 e. The van der Waals surface area contributed by atoms with E-state index >= 15 is 0 Å². The topological polar surface area (TPSA) is 52.6 Å². The fourth-order valence-electron chi connectivity index (χ4n) is 1.32. The molecule has 1 heterocycles. The fourth-order valence-corrected chi connectivity index (χ4v) is 2.00. The highest BCUT2D eigenvalue weighted by Gasteiger charge is 2.16. The number of ether oxygens (including phenoxy) is 2. The molecule has 0 atom stereocenters. The number of hydrogen-bond donors (Lipinski definition) is 0. The van der Waals surface area contributed by atoms with Crippen molar-refractivity contribution < 1.29 is 19.1 Å².